The smallest absolute Gasteiger partial charge is 0.293 e. The summed E-state index contributed by atoms with van der Waals surface area (Å²) in [4.78, 5) is 26.5. The number of hydrogen-bond donors (Lipinski definition) is 1. The average Bonchev–Trinajstić information content (AvgIpc) is 2.94. The molecule has 1 aliphatic rings. The van der Waals surface area contributed by atoms with E-state index in [-0.39, 0.29) is 22.6 Å². The summed E-state index contributed by atoms with van der Waals surface area (Å²) in [6, 6.07) is 11.3. The predicted molar refractivity (Wildman–Crippen MR) is 113 cm³/mol. The molecule has 27 heavy (non-hydrogen) atoms. The Balaban J connectivity index is 1.83. The van der Waals surface area contributed by atoms with Crippen molar-refractivity contribution in [3.8, 4) is 11.5 Å². The number of aromatic hydroxyl groups is 1. The minimum atomic E-state index is -0.323. The van der Waals surface area contributed by atoms with Crippen molar-refractivity contribution in [3.63, 3.8) is 0 Å². The lowest BCUT2D eigenvalue weighted by molar-refractivity contribution is -0.122. The molecule has 1 aliphatic heterocycles. The van der Waals surface area contributed by atoms with Crippen LogP contribution in [0.25, 0.3) is 6.08 Å². The van der Waals surface area contributed by atoms with Gasteiger partial charge in [-0.3, -0.25) is 14.5 Å². The summed E-state index contributed by atoms with van der Waals surface area (Å²) < 4.78 is 6.12. The maximum atomic E-state index is 12.7. The maximum Gasteiger partial charge on any atom is 0.293 e. The lowest BCUT2D eigenvalue weighted by Crippen LogP contribution is -2.30. The van der Waals surface area contributed by atoms with Crippen LogP contribution in [0.2, 0.25) is 0 Å². The van der Waals surface area contributed by atoms with Crippen molar-refractivity contribution < 1.29 is 19.4 Å². The molecule has 1 N–H and O–H groups in total. The quantitative estimate of drug-likeness (QED) is 0.557. The summed E-state index contributed by atoms with van der Waals surface area (Å²) in [7, 11) is 1.44. The van der Waals surface area contributed by atoms with Crippen molar-refractivity contribution in [2.24, 2.45) is 0 Å². The van der Waals surface area contributed by atoms with Gasteiger partial charge in [0.05, 0.1) is 16.5 Å². The topological polar surface area (TPSA) is 66.8 Å². The number of benzene rings is 2. The molecule has 0 unspecified atom stereocenters. The molecule has 2 aromatic carbocycles. The van der Waals surface area contributed by atoms with E-state index in [1.54, 1.807) is 12.1 Å². The molecule has 3 rings (SSSR count). The van der Waals surface area contributed by atoms with Gasteiger partial charge < -0.3 is 9.84 Å². The van der Waals surface area contributed by atoms with Crippen LogP contribution in [0.4, 0.5) is 4.79 Å². The number of phenolic OH excluding ortho intramolecular Hbond substituents is 1. The van der Waals surface area contributed by atoms with Gasteiger partial charge in [0.1, 0.15) is 0 Å². The number of hydrogen-bond acceptors (Lipinski definition) is 5. The molecule has 0 radical (unpaired) electrons. The first kappa shape index (κ1) is 20.0. The molecule has 8 heteroatoms. The Labute approximate surface area is 177 Å². The number of rotatable bonds is 5. The number of methoxy groups -OCH3 is 1. The fraction of sp³-hybridized carbons (Fsp3) is 0.158. The van der Waals surface area contributed by atoms with E-state index in [2.05, 4.69) is 31.9 Å². The molecule has 0 aromatic heterocycles. The standard InChI is InChI=1S/C19H15Br2NO4S/c1-26-13-9-12(15(20)16(21)17(13)23)10-14-18(24)22(19(25)27-14)8-7-11-5-3-2-4-6-11/h2-6,9-10,23H,7-8H2,1H3/b14-10-. The van der Waals surface area contributed by atoms with Crippen molar-refractivity contribution in [2.45, 2.75) is 6.42 Å². The number of amides is 2. The molecule has 0 atom stereocenters. The predicted octanol–water partition coefficient (Wildman–Crippen LogP) is 5.20. The molecular formula is C19H15Br2NO4S. The number of phenols is 1. The SMILES string of the molecule is COc1cc(/C=C2\SC(=O)N(CCc3ccccc3)C2=O)c(Br)c(Br)c1O. The van der Waals surface area contributed by atoms with Gasteiger partial charge in [-0.1, -0.05) is 30.3 Å². The van der Waals surface area contributed by atoms with E-state index >= 15 is 0 Å². The van der Waals surface area contributed by atoms with E-state index in [0.29, 0.717) is 32.4 Å². The van der Waals surface area contributed by atoms with Gasteiger partial charge in [0.2, 0.25) is 0 Å². The Kier molecular flexibility index (Phi) is 6.29. The Hall–Kier alpha value is -1.77. The van der Waals surface area contributed by atoms with E-state index in [9.17, 15) is 14.7 Å². The molecule has 2 aromatic rings. The third-order valence-corrected chi connectivity index (χ3v) is 7.09. The zero-order valence-corrected chi connectivity index (χ0v) is 18.2. The van der Waals surface area contributed by atoms with E-state index in [4.69, 9.17) is 4.74 Å². The minimum absolute atomic E-state index is 0.0440. The molecule has 0 spiro atoms. The van der Waals surface area contributed by atoms with Crippen LogP contribution in [-0.2, 0) is 11.2 Å². The highest BCUT2D eigenvalue weighted by molar-refractivity contribution is 9.13. The number of imide groups is 1. The zero-order valence-electron chi connectivity index (χ0n) is 14.2. The first-order valence-electron chi connectivity index (χ1n) is 7.96. The monoisotopic (exact) mass is 511 g/mol. The number of halogens is 2. The van der Waals surface area contributed by atoms with E-state index in [1.165, 1.54) is 12.0 Å². The van der Waals surface area contributed by atoms with Crippen LogP contribution in [0, 0.1) is 0 Å². The molecule has 140 valence electrons. The number of carbonyl (C=O) groups is 2. The van der Waals surface area contributed by atoms with Crippen LogP contribution < -0.4 is 4.74 Å². The molecule has 0 bridgehead atoms. The Morgan fingerprint density at radius 1 is 1.19 bits per heavy atom. The number of carbonyl (C=O) groups excluding carboxylic acids is 2. The highest BCUT2D eigenvalue weighted by atomic mass is 79.9. The molecule has 1 fully saturated rings. The second kappa shape index (κ2) is 8.50. The Morgan fingerprint density at radius 2 is 1.89 bits per heavy atom. The van der Waals surface area contributed by atoms with Gasteiger partial charge in [0.15, 0.2) is 11.5 Å². The summed E-state index contributed by atoms with van der Waals surface area (Å²) in [5.74, 6) is -0.104. The second-order valence-corrected chi connectivity index (χ2v) is 8.29. The summed E-state index contributed by atoms with van der Waals surface area (Å²) in [6.07, 6.45) is 2.22. The maximum absolute atomic E-state index is 12.7. The largest absolute Gasteiger partial charge is 0.503 e. The van der Waals surface area contributed by atoms with Crippen LogP contribution >= 0.6 is 43.6 Å². The fourth-order valence-electron chi connectivity index (χ4n) is 2.59. The second-order valence-electron chi connectivity index (χ2n) is 5.71. The first-order chi connectivity index (χ1) is 12.9. The van der Waals surface area contributed by atoms with Crippen LogP contribution in [0.1, 0.15) is 11.1 Å². The summed E-state index contributed by atoms with van der Waals surface area (Å²) >= 11 is 7.58. The molecule has 5 nitrogen and oxygen atoms in total. The summed E-state index contributed by atoms with van der Waals surface area (Å²) in [6.45, 7) is 0.329. The average molecular weight is 513 g/mol. The summed E-state index contributed by atoms with van der Waals surface area (Å²) in [5.41, 5.74) is 1.68. The number of ether oxygens (including phenoxy) is 1. The van der Waals surface area contributed by atoms with Gasteiger partial charge in [-0.25, -0.2) is 0 Å². The zero-order chi connectivity index (χ0) is 19.6. The normalized spacial score (nSPS) is 15.7. The third-order valence-electron chi connectivity index (χ3n) is 4.02. The van der Waals surface area contributed by atoms with Gasteiger partial charge in [-0.2, -0.15) is 0 Å². The number of nitrogens with zero attached hydrogens (tertiary/aromatic N) is 1. The van der Waals surface area contributed by atoms with Crippen molar-refractivity contribution in [1.29, 1.82) is 0 Å². The minimum Gasteiger partial charge on any atom is -0.503 e. The van der Waals surface area contributed by atoms with Crippen molar-refractivity contribution in [3.05, 3.63) is 61.4 Å². The Bertz CT molecular complexity index is 931. The fourth-order valence-corrected chi connectivity index (χ4v) is 4.29. The van der Waals surface area contributed by atoms with Crippen molar-refractivity contribution >= 4 is 60.8 Å². The lowest BCUT2D eigenvalue weighted by Gasteiger charge is -2.12. The van der Waals surface area contributed by atoms with Crippen LogP contribution in [0.15, 0.2) is 50.2 Å². The van der Waals surface area contributed by atoms with Crippen LogP contribution in [0.3, 0.4) is 0 Å². The lowest BCUT2D eigenvalue weighted by atomic mass is 10.1. The van der Waals surface area contributed by atoms with E-state index in [0.717, 1.165) is 17.3 Å². The molecule has 2 amide bonds. The van der Waals surface area contributed by atoms with Gasteiger partial charge in [-0.05, 0) is 73.3 Å². The van der Waals surface area contributed by atoms with Gasteiger partial charge >= 0.3 is 0 Å². The van der Waals surface area contributed by atoms with Crippen LogP contribution in [0.5, 0.6) is 11.5 Å². The molecule has 1 saturated heterocycles. The third kappa shape index (κ3) is 4.23. The van der Waals surface area contributed by atoms with Crippen molar-refractivity contribution in [2.75, 3.05) is 13.7 Å². The Morgan fingerprint density at radius 3 is 2.56 bits per heavy atom. The molecule has 0 aliphatic carbocycles. The highest BCUT2D eigenvalue weighted by Crippen LogP contribution is 2.43. The first-order valence-corrected chi connectivity index (χ1v) is 10.4. The van der Waals surface area contributed by atoms with Gasteiger partial charge in [-0.15, -0.1) is 0 Å². The van der Waals surface area contributed by atoms with Gasteiger partial charge in [0.25, 0.3) is 11.1 Å². The van der Waals surface area contributed by atoms with Crippen molar-refractivity contribution in [1.82, 2.24) is 4.90 Å². The van der Waals surface area contributed by atoms with E-state index < -0.39 is 0 Å². The molecule has 0 saturated carbocycles. The molecular weight excluding hydrogens is 498 g/mol. The van der Waals surface area contributed by atoms with E-state index in [1.807, 2.05) is 30.3 Å². The van der Waals surface area contributed by atoms with Crippen LogP contribution in [-0.4, -0.2) is 34.8 Å². The number of thioether (sulfide) groups is 1. The molecule has 1 heterocycles. The van der Waals surface area contributed by atoms with Gasteiger partial charge in [0, 0.05) is 11.0 Å². The highest BCUT2D eigenvalue weighted by Gasteiger charge is 2.34. The summed E-state index contributed by atoms with van der Waals surface area (Å²) in [5, 5.41) is 9.73.